The van der Waals surface area contributed by atoms with Gasteiger partial charge >= 0.3 is 5.97 Å². The van der Waals surface area contributed by atoms with E-state index in [1.807, 2.05) is 36.4 Å². The second-order valence-electron chi connectivity index (χ2n) is 6.98. The Kier molecular flexibility index (Phi) is 5.37. The fourth-order valence-corrected chi connectivity index (χ4v) is 3.50. The molecule has 6 heteroatoms. The summed E-state index contributed by atoms with van der Waals surface area (Å²) in [7, 11) is 1.39. The number of fused-ring (bicyclic) bond motifs is 1. The molecule has 1 aliphatic heterocycles. The van der Waals surface area contributed by atoms with E-state index in [1.54, 1.807) is 12.1 Å². The monoisotopic (exact) mass is 376 g/mol. The Balaban J connectivity index is 1.57. The average Bonchev–Trinajstić information content (AvgIpc) is 2.77. The quantitative estimate of drug-likeness (QED) is 0.679. The van der Waals surface area contributed by atoms with Crippen molar-refractivity contribution in [1.29, 1.82) is 0 Å². The number of aromatic nitrogens is 2. The normalized spacial score (nSPS) is 14.1. The molecule has 4 rings (SSSR count). The number of carbonyl (C=O) groups excluding carboxylic acids is 1. The summed E-state index contributed by atoms with van der Waals surface area (Å²) in [4.78, 5) is 23.5. The number of rotatable bonds is 5. The number of esters is 1. The second kappa shape index (κ2) is 8.25. The molecule has 0 atom stereocenters. The molecule has 1 N–H and O–H groups in total. The van der Waals surface area contributed by atoms with Gasteiger partial charge in [-0.1, -0.05) is 24.3 Å². The zero-order valence-corrected chi connectivity index (χ0v) is 16.0. The molecule has 0 spiro atoms. The zero-order valence-electron chi connectivity index (χ0n) is 16.0. The number of hydrogen-bond donors (Lipinski definition) is 1. The first kappa shape index (κ1) is 18.2. The number of carbonyl (C=O) groups is 1. The maximum absolute atomic E-state index is 11.6. The summed E-state index contributed by atoms with van der Waals surface area (Å²) in [6, 6.07) is 15.5. The summed E-state index contributed by atoms with van der Waals surface area (Å²) in [5.74, 6) is 1.30. The van der Waals surface area contributed by atoms with E-state index < -0.39 is 0 Å². The smallest absolute Gasteiger partial charge is 0.337 e. The molecule has 0 bridgehead atoms. The number of piperidine rings is 1. The largest absolute Gasteiger partial charge is 0.465 e. The number of hydrogen-bond acceptors (Lipinski definition) is 6. The summed E-state index contributed by atoms with van der Waals surface area (Å²) < 4.78 is 4.75. The van der Waals surface area contributed by atoms with Crippen molar-refractivity contribution in [2.24, 2.45) is 0 Å². The Morgan fingerprint density at radius 1 is 1.04 bits per heavy atom. The van der Waals surface area contributed by atoms with Crippen molar-refractivity contribution < 1.29 is 9.53 Å². The maximum atomic E-state index is 11.6. The minimum atomic E-state index is -0.326. The lowest BCUT2D eigenvalue weighted by molar-refractivity contribution is 0.0600. The molecule has 6 nitrogen and oxygen atoms in total. The van der Waals surface area contributed by atoms with Crippen molar-refractivity contribution >= 4 is 28.6 Å². The fraction of sp³-hybridized carbons (Fsp3) is 0.318. The van der Waals surface area contributed by atoms with Gasteiger partial charge in [0.25, 0.3) is 0 Å². The minimum absolute atomic E-state index is 0.326. The summed E-state index contributed by atoms with van der Waals surface area (Å²) in [6.45, 7) is 2.63. The van der Waals surface area contributed by atoms with Crippen LogP contribution < -0.4 is 10.2 Å². The van der Waals surface area contributed by atoms with Crippen LogP contribution in [0, 0.1) is 0 Å². The van der Waals surface area contributed by atoms with Crippen LogP contribution in [0.15, 0.2) is 48.5 Å². The van der Waals surface area contributed by atoms with E-state index in [0.717, 1.165) is 41.3 Å². The van der Waals surface area contributed by atoms with Gasteiger partial charge in [-0.3, -0.25) is 0 Å². The number of benzene rings is 2. The molecule has 144 valence electrons. The third kappa shape index (κ3) is 3.91. The van der Waals surface area contributed by atoms with Crippen molar-refractivity contribution in [2.75, 3.05) is 30.4 Å². The summed E-state index contributed by atoms with van der Waals surface area (Å²) in [5, 5.41) is 4.46. The van der Waals surface area contributed by atoms with Crippen molar-refractivity contribution in [2.45, 2.75) is 25.8 Å². The van der Waals surface area contributed by atoms with Crippen molar-refractivity contribution in [3.63, 3.8) is 0 Å². The van der Waals surface area contributed by atoms with E-state index in [2.05, 4.69) is 10.2 Å². The van der Waals surface area contributed by atoms with E-state index in [0.29, 0.717) is 12.1 Å². The van der Waals surface area contributed by atoms with Crippen molar-refractivity contribution in [1.82, 2.24) is 9.97 Å². The van der Waals surface area contributed by atoms with Crippen molar-refractivity contribution in [3.8, 4) is 0 Å². The molecule has 1 saturated heterocycles. The Labute approximate surface area is 164 Å². The molecule has 1 aliphatic rings. The molecule has 1 aromatic heterocycles. The predicted octanol–water partition coefficient (Wildman–Crippen LogP) is 4.02. The Bertz CT molecular complexity index is 966. The number of ether oxygens (including phenoxy) is 1. The van der Waals surface area contributed by atoms with Gasteiger partial charge in [0.1, 0.15) is 5.82 Å². The Morgan fingerprint density at radius 2 is 1.79 bits per heavy atom. The first-order valence-corrected chi connectivity index (χ1v) is 9.67. The van der Waals surface area contributed by atoms with Crippen LogP contribution in [-0.4, -0.2) is 36.1 Å². The van der Waals surface area contributed by atoms with Gasteiger partial charge in [-0.05, 0) is 49.1 Å². The van der Waals surface area contributed by atoms with E-state index in [9.17, 15) is 4.79 Å². The number of methoxy groups -OCH3 is 1. The molecule has 0 saturated carbocycles. The van der Waals surface area contributed by atoms with Crippen LogP contribution in [0.4, 0.5) is 11.8 Å². The molecule has 0 unspecified atom stereocenters. The van der Waals surface area contributed by atoms with Gasteiger partial charge in [-0.25, -0.2) is 9.78 Å². The summed E-state index contributed by atoms with van der Waals surface area (Å²) in [5.41, 5.74) is 2.56. The van der Waals surface area contributed by atoms with Crippen LogP contribution >= 0.6 is 0 Å². The molecular weight excluding hydrogens is 352 g/mol. The molecular formula is C22H24N4O2. The van der Waals surface area contributed by atoms with E-state index in [-0.39, 0.29) is 5.97 Å². The maximum Gasteiger partial charge on any atom is 0.337 e. The topological polar surface area (TPSA) is 67.3 Å². The lowest BCUT2D eigenvalue weighted by atomic mass is 10.1. The van der Waals surface area contributed by atoms with Crippen LogP contribution in [-0.2, 0) is 11.3 Å². The van der Waals surface area contributed by atoms with Gasteiger partial charge in [0.05, 0.1) is 18.2 Å². The summed E-state index contributed by atoms with van der Waals surface area (Å²) in [6.07, 6.45) is 3.65. The molecule has 1 fully saturated rings. The van der Waals surface area contributed by atoms with E-state index in [4.69, 9.17) is 14.7 Å². The number of nitrogens with zero attached hydrogens (tertiary/aromatic N) is 3. The molecule has 28 heavy (non-hydrogen) atoms. The van der Waals surface area contributed by atoms with Crippen LogP contribution in [0.25, 0.3) is 10.9 Å². The van der Waals surface area contributed by atoms with Gasteiger partial charge in [0.15, 0.2) is 0 Å². The van der Waals surface area contributed by atoms with Crippen LogP contribution in [0.1, 0.15) is 35.2 Å². The Hall–Kier alpha value is -3.15. The highest BCUT2D eigenvalue weighted by Crippen LogP contribution is 2.25. The van der Waals surface area contributed by atoms with E-state index in [1.165, 1.54) is 26.4 Å². The first-order chi connectivity index (χ1) is 13.7. The highest BCUT2D eigenvalue weighted by atomic mass is 16.5. The highest BCUT2D eigenvalue weighted by Gasteiger charge is 2.16. The lowest BCUT2D eigenvalue weighted by Crippen LogP contribution is -2.31. The van der Waals surface area contributed by atoms with Gasteiger partial charge < -0.3 is 15.0 Å². The number of anilines is 2. The first-order valence-electron chi connectivity index (χ1n) is 9.67. The summed E-state index contributed by atoms with van der Waals surface area (Å²) >= 11 is 0. The number of nitrogens with one attached hydrogen (secondary N) is 1. The van der Waals surface area contributed by atoms with Crippen LogP contribution in [0.5, 0.6) is 0 Å². The second-order valence-corrected chi connectivity index (χ2v) is 6.98. The van der Waals surface area contributed by atoms with Gasteiger partial charge in [0, 0.05) is 25.0 Å². The zero-order chi connectivity index (χ0) is 19.3. The Morgan fingerprint density at radius 3 is 2.54 bits per heavy atom. The third-order valence-corrected chi connectivity index (χ3v) is 5.07. The molecule has 3 aromatic rings. The SMILES string of the molecule is COC(=O)c1ccc(CNc2nc(N3CCCCC3)nc3ccccc23)cc1. The molecule has 0 radical (unpaired) electrons. The minimum Gasteiger partial charge on any atom is -0.465 e. The van der Waals surface area contributed by atoms with Crippen molar-refractivity contribution in [3.05, 3.63) is 59.7 Å². The average molecular weight is 376 g/mol. The van der Waals surface area contributed by atoms with Crippen LogP contribution in [0.2, 0.25) is 0 Å². The predicted molar refractivity (Wildman–Crippen MR) is 111 cm³/mol. The van der Waals surface area contributed by atoms with Gasteiger partial charge in [-0.2, -0.15) is 4.98 Å². The fourth-order valence-electron chi connectivity index (χ4n) is 3.50. The molecule has 0 aliphatic carbocycles. The van der Waals surface area contributed by atoms with E-state index >= 15 is 0 Å². The van der Waals surface area contributed by atoms with Gasteiger partial charge in [0.2, 0.25) is 5.95 Å². The lowest BCUT2D eigenvalue weighted by Gasteiger charge is -2.27. The number of para-hydroxylation sites is 1. The molecule has 2 aromatic carbocycles. The standard InChI is InChI=1S/C22H24N4O2/c1-28-21(27)17-11-9-16(10-12-17)15-23-20-18-7-3-4-8-19(18)24-22(25-20)26-13-5-2-6-14-26/h3-4,7-12H,2,5-6,13-15H2,1H3,(H,23,24,25). The third-order valence-electron chi connectivity index (χ3n) is 5.07. The molecule has 0 amide bonds. The van der Waals surface area contributed by atoms with Gasteiger partial charge in [-0.15, -0.1) is 0 Å². The highest BCUT2D eigenvalue weighted by molar-refractivity contribution is 5.90. The molecule has 2 heterocycles. The van der Waals surface area contributed by atoms with Crippen LogP contribution in [0.3, 0.4) is 0 Å².